The first-order valence-corrected chi connectivity index (χ1v) is 10.9. The first kappa shape index (κ1) is 15.3. The van der Waals surface area contributed by atoms with Crippen molar-refractivity contribution in [3.8, 4) is 0 Å². The zero-order chi connectivity index (χ0) is 14.6. The van der Waals surface area contributed by atoms with Crippen molar-refractivity contribution in [3.63, 3.8) is 0 Å². The van der Waals surface area contributed by atoms with E-state index in [1.165, 1.54) is 15.3 Å². The fraction of sp³-hybridized carbons (Fsp3) is 0.294. The topological polar surface area (TPSA) is 12.0 Å². The summed E-state index contributed by atoms with van der Waals surface area (Å²) in [6.45, 7) is 8.28. The highest BCUT2D eigenvalue weighted by molar-refractivity contribution is 9.10. The lowest BCUT2D eigenvalue weighted by molar-refractivity contribution is 0.933. The summed E-state index contributed by atoms with van der Waals surface area (Å²) in [4.78, 5) is 0. The number of hydrogen-bond acceptors (Lipinski definition) is 1. The van der Waals surface area contributed by atoms with Gasteiger partial charge in [0.2, 0.25) is 0 Å². The molecule has 0 radical (unpaired) electrons. The third-order valence-corrected chi connectivity index (χ3v) is 9.74. The molecule has 2 aromatic rings. The SMILES string of the molecule is CC(CNc1ccccc1)[Si](C)(C)c1ccccc1Br. The Morgan fingerprint density at radius 2 is 1.60 bits per heavy atom. The summed E-state index contributed by atoms with van der Waals surface area (Å²) in [5.74, 6) is 0. The van der Waals surface area contributed by atoms with Crippen LogP contribution in [0.1, 0.15) is 6.92 Å². The summed E-state index contributed by atoms with van der Waals surface area (Å²) in [6.07, 6.45) is 0. The molecule has 0 aliphatic heterocycles. The van der Waals surface area contributed by atoms with Gasteiger partial charge in [-0.05, 0) is 28.9 Å². The number of hydrogen-bond donors (Lipinski definition) is 1. The molecule has 1 nitrogen and oxygen atoms in total. The van der Waals surface area contributed by atoms with E-state index in [4.69, 9.17) is 0 Å². The maximum absolute atomic E-state index is 3.71. The number of halogens is 1. The summed E-state index contributed by atoms with van der Waals surface area (Å²) < 4.78 is 1.25. The Balaban J connectivity index is 2.08. The molecule has 1 N–H and O–H groups in total. The van der Waals surface area contributed by atoms with Gasteiger partial charge in [-0.25, -0.2) is 0 Å². The summed E-state index contributed by atoms with van der Waals surface area (Å²) in [6, 6.07) is 19.1. The first-order valence-electron chi connectivity index (χ1n) is 7.05. The van der Waals surface area contributed by atoms with E-state index in [1.807, 2.05) is 6.07 Å². The molecule has 2 rings (SSSR count). The summed E-state index contributed by atoms with van der Waals surface area (Å²) in [5, 5.41) is 5.06. The van der Waals surface area contributed by atoms with Crippen molar-refractivity contribution in [1.82, 2.24) is 0 Å². The van der Waals surface area contributed by atoms with Crippen molar-refractivity contribution in [2.45, 2.75) is 25.6 Å². The monoisotopic (exact) mass is 347 g/mol. The minimum Gasteiger partial charge on any atom is -0.385 e. The maximum Gasteiger partial charge on any atom is 0.0866 e. The van der Waals surface area contributed by atoms with Crippen LogP contribution in [-0.2, 0) is 0 Å². The number of nitrogens with one attached hydrogen (secondary N) is 1. The van der Waals surface area contributed by atoms with Gasteiger partial charge in [0.1, 0.15) is 0 Å². The van der Waals surface area contributed by atoms with Gasteiger partial charge in [0.15, 0.2) is 0 Å². The molecule has 20 heavy (non-hydrogen) atoms. The largest absolute Gasteiger partial charge is 0.385 e. The average molecular weight is 348 g/mol. The molecule has 3 heteroatoms. The Hall–Kier alpha value is -1.06. The van der Waals surface area contributed by atoms with Gasteiger partial charge in [0.25, 0.3) is 0 Å². The lowest BCUT2D eigenvalue weighted by Crippen LogP contribution is -2.47. The molecule has 1 atom stereocenters. The smallest absolute Gasteiger partial charge is 0.0866 e. The van der Waals surface area contributed by atoms with Crippen LogP contribution in [0.4, 0.5) is 5.69 Å². The van der Waals surface area contributed by atoms with Gasteiger partial charge >= 0.3 is 0 Å². The molecule has 0 aliphatic carbocycles. The molecule has 0 saturated carbocycles. The average Bonchev–Trinajstić information content (AvgIpc) is 2.46. The Kier molecular flexibility index (Phi) is 5.05. The Labute approximate surface area is 131 Å². The van der Waals surface area contributed by atoms with Crippen molar-refractivity contribution in [1.29, 1.82) is 0 Å². The van der Waals surface area contributed by atoms with Crippen LogP contribution in [0.15, 0.2) is 59.1 Å². The maximum atomic E-state index is 3.71. The number of anilines is 1. The number of benzene rings is 2. The molecule has 2 aromatic carbocycles. The molecule has 0 heterocycles. The molecule has 0 spiro atoms. The van der Waals surface area contributed by atoms with E-state index in [0.29, 0.717) is 5.54 Å². The van der Waals surface area contributed by atoms with Gasteiger partial charge in [-0.1, -0.05) is 72.3 Å². The Bertz CT molecular complexity index is 554. The molecule has 0 aromatic heterocycles. The van der Waals surface area contributed by atoms with Crippen LogP contribution in [0, 0.1) is 0 Å². The highest BCUT2D eigenvalue weighted by Crippen LogP contribution is 2.25. The van der Waals surface area contributed by atoms with Gasteiger partial charge in [-0.15, -0.1) is 0 Å². The Morgan fingerprint density at radius 1 is 1.00 bits per heavy atom. The Morgan fingerprint density at radius 3 is 2.25 bits per heavy atom. The van der Waals surface area contributed by atoms with E-state index in [2.05, 4.69) is 89.8 Å². The minimum atomic E-state index is -1.49. The zero-order valence-electron chi connectivity index (χ0n) is 12.4. The highest BCUT2D eigenvalue weighted by atomic mass is 79.9. The van der Waals surface area contributed by atoms with E-state index in [9.17, 15) is 0 Å². The fourth-order valence-electron chi connectivity index (χ4n) is 2.33. The van der Waals surface area contributed by atoms with E-state index in [0.717, 1.165) is 6.54 Å². The van der Waals surface area contributed by atoms with Crippen molar-refractivity contribution in [2.24, 2.45) is 0 Å². The molecular formula is C17H22BrNSi. The van der Waals surface area contributed by atoms with E-state index >= 15 is 0 Å². The fourth-order valence-corrected chi connectivity index (χ4v) is 6.52. The van der Waals surface area contributed by atoms with Gasteiger partial charge in [0.05, 0.1) is 8.07 Å². The molecule has 0 bridgehead atoms. The number of para-hydroxylation sites is 1. The van der Waals surface area contributed by atoms with Crippen LogP contribution in [0.25, 0.3) is 0 Å². The predicted molar refractivity (Wildman–Crippen MR) is 95.6 cm³/mol. The minimum absolute atomic E-state index is 0.654. The zero-order valence-corrected chi connectivity index (χ0v) is 14.9. The molecule has 106 valence electrons. The van der Waals surface area contributed by atoms with E-state index in [-0.39, 0.29) is 0 Å². The van der Waals surface area contributed by atoms with Gasteiger partial charge in [-0.3, -0.25) is 0 Å². The van der Waals surface area contributed by atoms with Crippen molar-refractivity contribution in [3.05, 3.63) is 59.1 Å². The lowest BCUT2D eigenvalue weighted by atomic mass is 10.3. The van der Waals surface area contributed by atoms with Crippen LogP contribution in [0.5, 0.6) is 0 Å². The van der Waals surface area contributed by atoms with E-state index < -0.39 is 8.07 Å². The third kappa shape index (κ3) is 3.52. The second-order valence-electron chi connectivity index (χ2n) is 5.85. The summed E-state index contributed by atoms with van der Waals surface area (Å²) in [7, 11) is -1.49. The highest BCUT2D eigenvalue weighted by Gasteiger charge is 2.31. The number of rotatable bonds is 5. The lowest BCUT2D eigenvalue weighted by Gasteiger charge is -2.31. The quantitative estimate of drug-likeness (QED) is 0.761. The predicted octanol–water partition coefficient (Wildman–Crippen LogP) is 4.87. The van der Waals surface area contributed by atoms with Crippen molar-refractivity contribution in [2.75, 3.05) is 11.9 Å². The first-order chi connectivity index (χ1) is 9.51. The molecule has 1 unspecified atom stereocenters. The van der Waals surface area contributed by atoms with Gasteiger partial charge in [0, 0.05) is 16.7 Å². The van der Waals surface area contributed by atoms with E-state index in [1.54, 1.807) is 0 Å². The molecule has 0 amide bonds. The van der Waals surface area contributed by atoms with Crippen LogP contribution in [0.3, 0.4) is 0 Å². The molecular weight excluding hydrogens is 326 g/mol. The summed E-state index contributed by atoms with van der Waals surface area (Å²) in [5.41, 5.74) is 1.86. The van der Waals surface area contributed by atoms with Gasteiger partial charge < -0.3 is 5.32 Å². The van der Waals surface area contributed by atoms with Crippen LogP contribution in [0.2, 0.25) is 18.6 Å². The molecule has 0 aliphatic rings. The summed E-state index contributed by atoms with van der Waals surface area (Å²) >= 11 is 3.71. The third-order valence-electron chi connectivity index (χ3n) is 4.19. The van der Waals surface area contributed by atoms with Crippen molar-refractivity contribution < 1.29 is 0 Å². The van der Waals surface area contributed by atoms with Crippen molar-refractivity contribution >= 4 is 34.9 Å². The van der Waals surface area contributed by atoms with Crippen LogP contribution < -0.4 is 10.5 Å². The second-order valence-corrected chi connectivity index (χ2v) is 11.7. The second kappa shape index (κ2) is 6.59. The van der Waals surface area contributed by atoms with Crippen LogP contribution >= 0.6 is 15.9 Å². The normalized spacial score (nSPS) is 13.0. The molecule has 0 saturated heterocycles. The van der Waals surface area contributed by atoms with Gasteiger partial charge in [-0.2, -0.15) is 0 Å². The standard InChI is InChI=1S/C17H22BrNSi/c1-14(13-19-15-9-5-4-6-10-15)20(2,3)17-12-8-7-11-16(17)18/h4-12,14,19H,13H2,1-3H3. The van der Waals surface area contributed by atoms with Crippen LogP contribution in [-0.4, -0.2) is 14.6 Å². The molecule has 0 fully saturated rings.